The first-order valence-corrected chi connectivity index (χ1v) is 5.49. The van der Waals surface area contributed by atoms with Crippen LogP contribution in [0.4, 0.5) is 0 Å². The lowest BCUT2D eigenvalue weighted by atomic mass is 9.70. The summed E-state index contributed by atoms with van der Waals surface area (Å²) in [6, 6.07) is 0. The van der Waals surface area contributed by atoms with Gasteiger partial charge in [0, 0.05) is 16.7 Å². The van der Waals surface area contributed by atoms with Gasteiger partial charge in [0.2, 0.25) is 0 Å². The quantitative estimate of drug-likeness (QED) is 0.586. The number of carbonyl (C=O) groups is 1. The fourth-order valence-electron chi connectivity index (χ4n) is 2.92. The first-order chi connectivity index (χ1) is 5.40. The molecular weight excluding hydrogens is 216 g/mol. The lowest BCUT2D eigenvalue weighted by Gasteiger charge is -2.35. The van der Waals surface area contributed by atoms with E-state index in [1.165, 1.54) is 6.42 Å². The zero-order valence-corrected chi connectivity index (χ0v) is 9.44. The van der Waals surface area contributed by atoms with Crippen LogP contribution in [-0.4, -0.2) is 10.6 Å². The fourth-order valence-corrected chi connectivity index (χ4v) is 4.21. The van der Waals surface area contributed by atoms with Gasteiger partial charge in [0.1, 0.15) is 5.78 Å². The molecule has 0 unspecified atom stereocenters. The lowest BCUT2D eigenvalue weighted by Crippen LogP contribution is -2.38. The van der Waals surface area contributed by atoms with Crippen molar-refractivity contribution in [3.8, 4) is 0 Å². The van der Waals surface area contributed by atoms with E-state index < -0.39 is 0 Å². The van der Waals surface area contributed by atoms with E-state index in [0.29, 0.717) is 16.5 Å². The molecule has 0 heterocycles. The molecule has 0 aromatic carbocycles. The minimum Gasteiger partial charge on any atom is -0.299 e. The molecule has 2 rings (SSSR count). The summed E-state index contributed by atoms with van der Waals surface area (Å²) < 4.78 is 0. The molecule has 2 heteroatoms. The molecule has 3 atom stereocenters. The third kappa shape index (κ3) is 0.688. The molecule has 2 saturated carbocycles. The van der Waals surface area contributed by atoms with Crippen molar-refractivity contribution < 1.29 is 4.79 Å². The Morgan fingerprint density at radius 2 is 2.00 bits per heavy atom. The van der Waals surface area contributed by atoms with Gasteiger partial charge in [-0.25, -0.2) is 0 Å². The van der Waals surface area contributed by atoms with E-state index in [1.807, 2.05) is 0 Å². The topological polar surface area (TPSA) is 17.1 Å². The van der Waals surface area contributed by atoms with Crippen LogP contribution in [0.25, 0.3) is 0 Å². The number of rotatable bonds is 0. The number of ketones is 1. The predicted molar refractivity (Wildman–Crippen MR) is 52.3 cm³/mol. The maximum Gasteiger partial charge on any atom is 0.140 e. The number of hydrogen-bond donors (Lipinski definition) is 0. The van der Waals surface area contributed by atoms with Gasteiger partial charge in [0.25, 0.3) is 0 Å². The van der Waals surface area contributed by atoms with Gasteiger partial charge in [0.15, 0.2) is 0 Å². The number of hydrogen-bond acceptors (Lipinski definition) is 1. The van der Waals surface area contributed by atoms with Gasteiger partial charge in [-0.15, -0.1) is 0 Å². The molecule has 0 aliphatic heterocycles. The second kappa shape index (κ2) is 2.14. The van der Waals surface area contributed by atoms with Crippen molar-refractivity contribution in [2.24, 2.45) is 16.7 Å². The van der Waals surface area contributed by atoms with Crippen LogP contribution in [0, 0.1) is 16.7 Å². The zero-order valence-electron chi connectivity index (χ0n) is 7.86. The molecule has 0 amide bonds. The van der Waals surface area contributed by atoms with E-state index in [1.54, 1.807) is 0 Å². The Kier molecular flexibility index (Phi) is 1.56. The van der Waals surface area contributed by atoms with Gasteiger partial charge < -0.3 is 0 Å². The molecule has 68 valence electrons. The highest BCUT2D eigenvalue weighted by molar-refractivity contribution is 9.09. The Labute approximate surface area is 82.0 Å². The summed E-state index contributed by atoms with van der Waals surface area (Å²) >= 11 is 3.65. The Morgan fingerprint density at radius 1 is 1.42 bits per heavy atom. The molecule has 12 heavy (non-hydrogen) atoms. The average Bonchev–Trinajstić information content (AvgIpc) is 2.20. The van der Waals surface area contributed by atoms with Crippen molar-refractivity contribution in [3.63, 3.8) is 0 Å². The first kappa shape index (κ1) is 8.74. The van der Waals surface area contributed by atoms with Crippen molar-refractivity contribution in [1.29, 1.82) is 0 Å². The van der Waals surface area contributed by atoms with Gasteiger partial charge in [-0.2, -0.15) is 0 Å². The number of fused-ring (bicyclic) bond motifs is 2. The summed E-state index contributed by atoms with van der Waals surface area (Å²) in [6.45, 7) is 6.61. The van der Waals surface area contributed by atoms with Gasteiger partial charge >= 0.3 is 0 Å². The minimum absolute atomic E-state index is 0.0995. The second-order valence-electron chi connectivity index (χ2n) is 4.95. The predicted octanol–water partition coefficient (Wildman–Crippen LogP) is 2.78. The molecule has 2 aliphatic rings. The molecule has 2 aliphatic carbocycles. The Balaban J connectivity index is 2.51. The SMILES string of the molecule is CC1(C)[C@H]2CC(=O)[C@]1(C)[C@H](Br)C2. The van der Waals surface area contributed by atoms with Crippen LogP contribution >= 0.6 is 15.9 Å². The number of Topliss-reactive ketones (excluding diaryl/α,β-unsaturated/α-hetero) is 1. The van der Waals surface area contributed by atoms with Gasteiger partial charge in [-0.3, -0.25) is 4.79 Å². The van der Waals surface area contributed by atoms with Crippen LogP contribution in [0.2, 0.25) is 0 Å². The standard InChI is InChI=1S/C10H15BrO/c1-9(2)6-4-7(11)10(9,3)8(12)5-6/h6-7H,4-5H2,1-3H3/t6-,7-,10+/m1/s1. The third-order valence-electron chi connectivity index (χ3n) is 4.49. The number of carbonyl (C=O) groups excluding carboxylic acids is 1. The van der Waals surface area contributed by atoms with Crippen molar-refractivity contribution in [3.05, 3.63) is 0 Å². The molecule has 1 nitrogen and oxygen atoms in total. The summed E-state index contributed by atoms with van der Waals surface area (Å²) in [5.41, 5.74) is 0.107. The third-order valence-corrected chi connectivity index (χ3v) is 5.78. The van der Waals surface area contributed by atoms with Gasteiger partial charge in [-0.1, -0.05) is 36.7 Å². The summed E-state index contributed by atoms with van der Waals surface area (Å²) in [7, 11) is 0. The van der Waals surface area contributed by atoms with Crippen molar-refractivity contribution in [2.75, 3.05) is 0 Å². The molecule has 0 N–H and O–H groups in total. The lowest BCUT2D eigenvalue weighted by molar-refractivity contribution is -0.127. The van der Waals surface area contributed by atoms with Crippen molar-refractivity contribution in [1.82, 2.24) is 0 Å². The van der Waals surface area contributed by atoms with Gasteiger partial charge in [-0.05, 0) is 17.8 Å². The molecule has 0 aromatic rings. The minimum atomic E-state index is -0.0995. The highest BCUT2D eigenvalue weighted by Gasteiger charge is 2.65. The Hall–Kier alpha value is 0.150. The molecular formula is C10H15BrO. The van der Waals surface area contributed by atoms with Crippen LogP contribution in [0.15, 0.2) is 0 Å². The highest BCUT2D eigenvalue weighted by atomic mass is 79.9. The normalized spacial score (nSPS) is 50.2. The monoisotopic (exact) mass is 230 g/mol. The Bertz CT molecular complexity index is 246. The van der Waals surface area contributed by atoms with E-state index in [0.717, 1.165) is 6.42 Å². The molecule has 0 radical (unpaired) electrons. The summed E-state index contributed by atoms with van der Waals surface area (Å²) in [5.74, 6) is 1.07. The second-order valence-corrected chi connectivity index (χ2v) is 6.06. The molecule has 0 spiro atoms. The largest absolute Gasteiger partial charge is 0.299 e. The molecule has 0 saturated heterocycles. The molecule has 2 bridgehead atoms. The van der Waals surface area contributed by atoms with Crippen LogP contribution in [-0.2, 0) is 4.79 Å². The fraction of sp³-hybridized carbons (Fsp3) is 0.900. The number of halogens is 1. The maximum atomic E-state index is 11.8. The highest BCUT2D eigenvalue weighted by Crippen LogP contribution is 2.65. The van der Waals surface area contributed by atoms with E-state index in [4.69, 9.17) is 0 Å². The smallest absolute Gasteiger partial charge is 0.140 e. The summed E-state index contributed by atoms with van der Waals surface area (Å²) in [4.78, 5) is 12.2. The maximum absolute atomic E-state index is 11.8. The van der Waals surface area contributed by atoms with E-state index in [9.17, 15) is 4.79 Å². The van der Waals surface area contributed by atoms with E-state index in [-0.39, 0.29) is 10.8 Å². The summed E-state index contributed by atoms with van der Waals surface area (Å²) in [5, 5.41) is 0. The first-order valence-electron chi connectivity index (χ1n) is 4.58. The van der Waals surface area contributed by atoms with Crippen LogP contribution in [0.5, 0.6) is 0 Å². The van der Waals surface area contributed by atoms with Crippen LogP contribution < -0.4 is 0 Å². The Morgan fingerprint density at radius 3 is 2.25 bits per heavy atom. The van der Waals surface area contributed by atoms with E-state index in [2.05, 4.69) is 36.7 Å². The van der Waals surface area contributed by atoms with Gasteiger partial charge in [0.05, 0.1) is 0 Å². The molecule has 2 fully saturated rings. The van der Waals surface area contributed by atoms with Crippen LogP contribution in [0.1, 0.15) is 33.6 Å². The number of alkyl halides is 1. The van der Waals surface area contributed by atoms with E-state index >= 15 is 0 Å². The van der Waals surface area contributed by atoms with Crippen molar-refractivity contribution >= 4 is 21.7 Å². The zero-order chi connectivity index (χ0) is 9.15. The molecule has 0 aromatic heterocycles. The average molecular weight is 231 g/mol. The van der Waals surface area contributed by atoms with Crippen molar-refractivity contribution in [2.45, 2.75) is 38.4 Å². The van der Waals surface area contributed by atoms with Crippen LogP contribution in [0.3, 0.4) is 0 Å². The summed E-state index contributed by atoms with van der Waals surface area (Å²) in [6.07, 6.45) is 1.99.